The van der Waals surface area contributed by atoms with Crippen LogP contribution in [0.5, 0.6) is 0 Å². The van der Waals surface area contributed by atoms with Gasteiger partial charge in [-0.1, -0.05) is 6.07 Å². The molecule has 0 radical (unpaired) electrons. The number of aromatic nitrogens is 3. The van der Waals surface area contributed by atoms with E-state index in [2.05, 4.69) is 20.3 Å². The number of aliphatic hydroxyl groups excluding tert-OH is 1. The molecule has 0 bridgehead atoms. The van der Waals surface area contributed by atoms with Crippen LogP contribution in [0, 0.1) is 0 Å². The Balaban J connectivity index is 1.65. The number of β-amino-alcohol motifs (C(OH)–C–C–N with tert-alkyl or cyclic N) is 1. The molecule has 29 heavy (non-hydrogen) atoms. The van der Waals surface area contributed by atoms with E-state index < -0.39 is 5.97 Å². The van der Waals surface area contributed by atoms with Gasteiger partial charge in [0.15, 0.2) is 5.82 Å². The zero-order valence-corrected chi connectivity index (χ0v) is 15.7. The lowest BCUT2D eigenvalue weighted by molar-refractivity contribution is -0.136. The minimum atomic E-state index is -0.582. The number of esters is 1. The number of benzene rings is 1. The molecule has 0 fully saturated rings. The number of carbonyl (C=O) groups excluding carboxylic acids is 2. The number of hydrogen-bond acceptors (Lipinski definition) is 7. The molecule has 1 aromatic carbocycles. The Bertz CT molecular complexity index is 1110. The third-order valence-corrected chi connectivity index (χ3v) is 4.61. The van der Waals surface area contributed by atoms with Crippen LogP contribution in [-0.4, -0.2) is 63.6 Å². The molecule has 4 rings (SSSR count). The predicted octanol–water partition coefficient (Wildman–Crippen LogP) is 1.30. The highest BCUT2D eigenvalue weighted by Gasteiger charge is 2.34. The number of aliphatic hydroxyl groups is 1. The van der Waals surface area contributed by atoms with Crippen LogP contribution >= 0.6 is 0 Å². The van der Waals surface area contributed by atoms with Gasteiger partial charge in [-0.15, -0.1) is 0 Å². The Kier molecular flexibility index (Phi) is 4.96. The summed E-state index contributed by atoms with van der Waals surface area (Å²) in [6.45, 7) is 0.0337. The van der Waals surface area contributed by atoms with E-state index in [9.17, 15) is 9.59 Å². The SMILES string of the molecule is COC(=O)C1=C(Nc2ccc3nc(-c4ccccn4)[nH]c3c2)C(=O)N(CCO)C1. The summed E-state index contributed by atoms with van der Waals surface area (Å²) in [4.78, 5) is 38.2. The fourth-order valence-electron chi connectivity index (χ4n) is 3.20. The monoisotopic (exact) mass is 393 g/mol. The van der Waals surface area contributed by atoms with Gasteiger partial charge in [-0.3, -0.25) is 9.78 Å². The molecule has 9 heteroatoms. The molecule has 0 saturated heterocycles. The predicted molar refractivity (Wildman–Crippen MR) is 106 cm³/mol. The van der Waals surface area contributed by atoms with Crippen LogP contribution in [0.4, 0.5) is 5.69 Å². The van der Waals surface area contributed by atoms with E-state index in [4.69, 9.17) is 9.84 Å². The minimum Gasteiger partial charge on any atom is -0.466 e. The summed E-state index contributed by atoms with van der Waals surface area (Å²) >= 11 is 0. The van der Waals surface area contributed by atoms with Crippen molar-refractivity contribution >= 4 is 28.6 Å². The van der Waals surface area contributed by atoms with Crippen LogP contribution in [0.25, 0.3) is 22.6 Å². The number of nitrogens with one attached hydrogen (secondary N) is 2. The van der Waals surface area contributed by atoms with Gasteiger partial charge in [0.25, 0.3) is 5.91 Å². The van der Waals surface area contributed by atoms with E-state index in [1.54, 1.807) is 18.3 Å². The van der Waals surface area contributed by atoms with Crippen LogP contribution < -0.4 is 5.32 Å². The van der Waals surface area contributed by atoms with E-state index in [1.807, 2.05) is 24.3 Å². The van der Waals surface area contributed by atoms with Gasteiger partial charge in [0.2, 0.25) is 0 Å². The number of fused-ring (bicyclic) bond motifs is 1. The normalized spacial score (nSPS) is 14.0. The molecule has 1 aliphatic heterocycles. The molecular weight excluding hydrogens is 374 g/mol. The fourth-order valence-corrected chi connectivity index (χ4v) is 3.20. The molecule has 2 aromatic heterocycles. The van der Waals surface area contributed by atoms with Crippen LogP contribution in [0.3, 0.4) is 0 Å². The number of amides is 1. The number of nitrogens with zero attached hydrogens (tertiary/aromatic N) is 3. The molecule has 0 saturated carbocycles. The average molecular weight is 393 g/mol. The summed E-state index contributed by atoms with van der Waals surface area (Å²) in [6.07, 6.45) is 1.69. The summed E-state index contributed by atoms with van der Waals surface area (Å²) in [5.41, 5.74) is 3.22. The highest BCUT2D eigenvalue weighted by atomic mass is 16.5. The van der Waals surface area contributed by atoms with Crippen molar-refractivity contribution in [2.75, 3.05) is 32.1 Å². The zero-order valence-electron chi connectivity index (χ0n) is 15.7. The molecule has 148 valence electrons. The first-order valence-electron chi connectivity index (χ1n) is 9.00. The van der Waals surface area contributed by atoms with E-state index in [-0.39, 0.29) is 36.9 Å². The molecule has 0 spiro atoms. The number of aromatic amines is 1. The highest BCUT2D eigenvalue weighted by Crippen LogP contribution is 2.26. The molecule has 9 nitrogen and oxygen atoms in total. The molecule has 0 aliphatic carbocycles. The lowest BCUT2D eigenvalue weighted by Gasteiger charge is -2.15. The lowest BCUT2D eigenvalue weighted by Crippen LogP contribution is -2.31. The minimum absolute atomic E-state index is 0.0878. The topological polar surface area (TPSA) is 120 Å². The number of ether oxygens (including phenoxy) is 1. The van der Waals surface area contributed by atoms with Crippen LogP contribution in [0.1, 0.15) is 0 Å². The van der Waals surface area contributed by atoms with Gasteiger partial charge in [0.1, 0.15) is 11.4 Å². The number of H-pyrrole nitrogens is 1. The lowest BCUT2D eigenvalue weighted by atomic mass is 10.2. The average Bonchev–Trinajstić information content (AvgIpc) is 3.30. The summed E-state index contributed by atoms with van der Waals surface area (Å²) < 4.78 is 4.80. The Morgan fingerprint density at radius 2 is 2.21 bits per heavy atom. The number of imidazole rings is 1. The van der Waals surface area contributed by atoms with Gasteiger partial charge >= 0.3 is 5.97 Å². The molecule has 1 aliphatic rings. The molecule has 1 amide bonds. The number of pyridine rings is 1. The molecule has 0 unspecified atom stereocenters. The van der Waals surface area contributed by atoms with Gasteiger partial charge in [-0.05, 0) is 30.3 Å². The zero-order chi connectivity index (χ0) is 20.4. The second-order valence-electron chi connectivity index (χ2n) is 6.45. The van der Waals surface area contributed by atoms with Crippen molar-refractivity contribution in [1.82, 2.24) is 19.9 Å². The first-order chi connectivity index (χ1) is 14.1. The van der Waals surface area contributed by atoms with E-state index in [0.29, 0.717) is 11.5 Å². The van der Waals surface area contributed by atoms with Gasteiger partial charge in [-0.2, -0.15) is 0 Å². The van der Waals surface area contributed by atoms with Crippen molar-refractivity contribution < 1.29 is 19.4 Å². The van der Waals surface area contributed by atoms with E-state index in [0.717, 1.165) is 16.7 Å². The number of anilines is 1. The second-order valence-corrected chi connectivity index (χ2v) is 6.45. The molecule has 3 N–H and O–H groups in total. The smallest absolute Gasteiger partial charge is 0.337 e. The summed E-state index contributed by atoms with van der Waals surface area (Å²) in [5.74, 6) is -0.307. The van der Waals surface area contributed by atoms with Crippen molar-refractivity contribution in [3.8, 4) is 11.5 Å². The number of methoxy groups -OCH3 is 1. The maximum absolute atomic E-state index is 12.6. The van der Waals surface area contributed by atoms with Crippen molar-refractivity contribution in [3.05, 3.63) is 53.9 Å². The third kappa shape index (κ3) is 3.55. The van der Waals surface area contributed by atoms with Crippen molar-refractivity contribution in [1.29, 1.82) is 0 Å². The van der Waals surface area contributed by atoms with Crippen molar-refractivity contribution in [3.63, 3.8) is 0 Å². The summed E-state index contributed by atoms with van der Waals surface area (Å²) in [7, 11) is 1.27. The van der Waals surface area contributed by atoms with Crippen LogP contribution in [0.15, 0.2) is 53.9 Å². The van der Waals surface area contributed by atoms with Crippen molar-refractivity contribution in [2.24, 2.45) is 0 Å². The molecule has 3 aromatic rings. The maximum Gasteiger partial charge on any atom is 0.337 e. The van der Waals surface area contributed by atoms with Crippen LogP contribution in [-0.2, 0) is 14.3 Å². The maximum atomic E-state index is 12.6. The van der Waals surface area contributed by atoms with Gasteiger partial charge in [0, 0.05) is 18.4 Å². The summed E-state index contributed by atoms with van der Waals surface area (Å²) in [5, 5.41) is 12.2. The second kappa shape index (κ2) is 7.72. The van der Waals surface area contributed by atoms with E-state index >= 15 is 0 Å². The van der Waals surface area contributed by atoms with Gasteiger partial charge in [0.05, 0.1) is 36.9 Å². The first-order valence-corrected chi connectivity index (χ1v) is 9.00. The molecular formula is C20H19N5O4. The van der Waals surface area contributed by atoms with Gasteiger partial charge in [-0.25, -0.2) is 9.78 Å². The number of hydrogen-bond donors (Lipinski definition) is 3. The molecule has 0 atom stereocenters. The van der Waals surface area contributed by atoms with Gasteiger partial charge < -0.3 is 25.0 Å². The van der Waals surface area contributed by atoms with Crippen LogP contribution in [0.2, 0.25) is 0 Å². The fraction of sp³-hybridized carbons (Fsp3) is 0.200. The molecule has 3 heterocycles. The van der Waals surface area contributed by atoms with E-state index in [1.165, 1.54) is 12.0 Å². The number of rotatable bonds is 6. The third-order valence-electron chi connectivity index (χ3n) is 4.61. The Hall–Kier alpha value is -3.72. The Morgan fingerprint density at radius 1 is 1.34 bits per heavy atom. The highest BCUT2D eigenvalue weighted by molar-refractivity contribution is 6.08. The Labute approximate surface area is 166 Å². The Morgan fingerprint density at radius 3 is 2.93 bits per heavy atom. The first kappa shape index (κ1) is 18.6. The largest absolute Gasteiger partial charge is 0.466 e. The van der Waals surface area contributed by atoms with Crippen molar-refractivity contribution in [2.45, 2.75) is 0 Å². The number of carbonyl (C=O) groups is 2. The summed E-state index contributed by atoms with van der Waals surface area (Å²) in [6, 6.07) is 11.0. The quantitative estimate of drug-likeness (QED) is 0.540. The standard InChI is InChI=1S/C20H19N5O4/c1-29-20(28)13-11-25(8-9-26)19(27)17(13)22-12-5-6-14-16(10-12)24-18(23-14)15-4-2-3-7-21-15/h2-7,10,22,26H,8-9,11H2,1H3,(H,23,24).